The van der Waals surface area contributed by atoms with Gasteiger partial charge in [0, 0.05) is 34.5 Å². The zero-order valence-corrected chi connectivity index (χ0v) is 44.2. The van der Waals surface area contributed by atoms with Gasteiger partial charge in [-0.05, 0) is 98.1 Å². The average Bonchev–Trinajstić information content (AvgIpc) is 4.20. The van der Waals surface area contributed by atoms with Crippen LogP contribution in [-0.2, 0) is 39.7 Å². The van der Waals surface area contributed by atoms with Crippen LogP contribution in [0.25, 0.3) is 38.9 Å². The molecule has 8 N–H and O–H groups in total. The van der Waals surface area contributed by atoms with Crippen LogP contribution in [0.15, 0.2) is 135 Å². The second kappa shape index (κ2) is 22.8. The largest absolute Gasteiger partial charge is 0.505 e. The third-order valence-electron chi connectivity index (χ3n) is 11.4. The van der Waals surface area contributed by atoms with Crippen molar-refractivity contribution in [1.82, 2.24) is 19.7 Å². The fraction of sp³-hybridized carbons (Fsp3) is 0.152. The Balaban J connectivity index is 1.12. The number of aromatic carboxylic acids is 1. The lowest BCUT2D eigenvalue weighted by atomic mass is 10.1. The first-order valence-electron chi connectivity index (χ1n) is 22.2. The van der Waals surface area contributed by atoms with Crippen LogP contribution >= 0.6 is 12.0 Å². The van der Waals surface area contributed by atoms with Gasteiger partial charge in [0.2, 0.25) is 0 Å². The Morgan fingerprint density at radius 3 is 2.03 bits per heavy atom. The van der Waals surface area contributed by atoms with E-state index in [0.29, 0.717) is 45.4 Å². The highest BCUT2D eigenvalue weighted by molar-refractivity contribution is 7.94. The second-order valence-electron chi connectivity index (χ2n) is 16.5. The number of nitrogens with zero attached hydrogens (tertiary/aromatic N) is 8. The number of nitrogens with one attached hydrogen (secondary N) is 2. The van der Waals surface area contributed by atoms with Crippen molar-refractivity contribution in [3.8, 4) is 40.1 Å². The quantitative estimate of drug-likeness (QED) is 0.00828. The number of methoxy groups -OCH3 is 2. The summed E-state index contributed by atoms with van der Waals surface area (Å²) in [6, 6.07) is 19.4. The van der Waals surface area contributed by atoms with Crippen LogP contribution in [0.2, 0.25) is 0 Å². The molecular weight excluding hydrogens is 1120 g/mol. The van der Waals surface area contributed by atoms with E-state index >= 15 is 0 Å². The molecule has 29 nitrogen and oxygen atoms in total. The highest BCUT2D eigenvalue weighted by atomic mass is 32.2. The molecule has 0 aliphatic heterocycles. The molecule has 0 fully saturated rings. The number of H-pyrrole nitrogens is 2. The van der Waals surface area contributed by atoms with E-state index in [2.05, 4.69) is 50.8 Å². The minimum atomic E-state index is -4.78. The molecule has 0 spiro atoms. The normalized spacial score (nSPS) is 12.5. The summed E-state index contributed by atoms with van der Waals surface area (Å²) in [5, 5.41) is 62.4. The summed E-state index contributed by atoms with van der Waals surface area (Å²) in [6.07, 6.45) is -0.175. The van der Waals surface area contributed by atoms with Crippen LogP contribution < -0.4 is 19.8 Å². The molecular formula is C46H40N10O19S4. The second-order valence-corrected chi connectivity index (χ2v) is 21.6. The molecule has 79 heavy (non-hydrogen) atoms. The molecule has 2 heterocycles. The summed E-state index contributed by atoms with van der Waals surface area (Å²) in [6.45, 7) is 2.67. The van der Waals surface area contributed by atoms with Gasteiger partial charge in [-0.3, -0.25) is 23.6 Å². The van der Waals surface area contributed by atoms with Gasteiger partial charge in [0.1, 0.15) is 55.6 Å². The first-order chi connectivity index (χ1) is 37.4. The SMILES string of the molecule is COc1ccc(N=Nc2cc(OCCCS(=O)(=O)O)c(N=Nc3c(SOOO)cc4c(ccc5nc(-c6ccc(-n7[nH]c(C(=O)O)c(N=Nc8cc(C)c(S(=O)(=O)O)cc8OC)c7=O)cc6)[nH]c54)c3O)cc2C)c(S(=O)(=O)O)c1. The van der Waals surface area contributed by atoms with E-state index in [4.69, 9.17) is 23.8 Å². The summed E-state index contributed by atoms with van der Waals surface area (Å²) >= 11 is 0.430. The molecule has 0 amide bonds. The van der Waals surface area contributed by atoms with Gasteiger partial charge < -0.3 is 29.4 Å². The topological polar surface area (TPSA) is 428 Å². The number of aromatic hydroxyl groups is 1. The Morgan fingerprint density at radius 1 is 0.722 bits per heavy atom. The van der Waals surface area contributed by atoms with E-state index in [1.54, 1.807) is 31.2 Å². The van der Waals surface area contributed by atoms with Crippen molar-refractivity contribution in [3.05, 3.63) is 112 Å². The molecule has 0 aliphatic carbocycles. The van der Waals surface area contributed by atoms with E-state index in [0.717, 1.165) is 16.8 Å². The van der Waals surface area contributed by atoms with Gasteiger partial charge in [0.15, 0.2) is 17.1 Å². The van der Waals surface area contributed by atoms with Crippen molar-refractivity contribution in [2.75, 3.05) is 26.6 Å². The third kappa shape index (κ3) is 12.6. The molecule has 0 aliphatic rings. The van der Waals surface area contributed by atoms with Crippen LogP contribution in [0.5, 0.6) is 23.0 Å². The maximum absolute atomic E-state index is 13.6. The monoisotopic (exact) mass is 1160 g/mol. The van der Waals surface area contributed by atoms with E-state index < -0.39 is 74.6 Å². The zero-order chi connectivity index (χ0) is 57.1. The number of hydrogen-bond donors (Lipinski definition) is 8. The summed E-state index contributed by atoms with van der Waals surface area (Å²) in [5.41, 5.74) is -0.724. The van der Waals surface area contributed by atoms with Gasteiger partial charge in [-0.1, -0.05) is 5.04 Å². The number of phenolic OH excluding ortho intramolecular Hbond substituents is 1. The molecule has 0 unspecified atom stereocenters. The Hall–Kier alpha value is -8.51. The average molecular weight is 1170 g/mol. The number of rotatable bonds is 21. The van der Waals surface area contributed by atoms with Crippen molar-refractivity contribution in [2.24, 2.45) is 30.7 Å². The van der Waals surface area contributed by atoms with Crippen LogP contribution in [0.4, 0.5) is 34.1 Å². The number of phenols is 1. The zero-order valence-electron chi connectivity index (χ0n) is 40.9. The van der Waals surface area contributed by atoms with Gasteiger partial charge in [-0.2, -0.15) is 30.4 Å². The fourth-order valence-electron chi connectivity index (χ4n) is 7.66. The number of fused-ring (bicyclic) bond motifs is 3. The van der Waals surface area contributed by atoms with Crippen molar-refractivity contribution in [1.29, 1.82) is 0 Å². The number of carboxylic acids is 1. The molecule has 0 atom stereocenters. The molecule has 0 saturated carbocycles. The molecule has 33 heteroatoms. The number of imidazole rings is 1. The van der Waals surface area contributed by atoms with E-state index in [1.165, 1.54) is 69.7 Å². The molecule has 0 saturated heterocycles. The van der Waals surface area contributed by atoms with Gasteiger partial charge in [0.05, 0.1) is 65.9 Å². The lowest BCUT2D eigenvalue weighted by molar-refractivity contribution is -0.432. The summed E-state index contributed by atoms with van der Waals surface area (Å²) in [4.78, 5) is 32.8. The van der Waals surface area contributed by atoms with Crippen LogP contribution in [0, 0.1) is 13.8 Å². The number of azo groups is 3. The predicted octanol–water partition coefficient (Wildman–Crippen LogP) is 9.72. The van der Waals surface area contributed by atoms with E-state index in [-0.39, 0.29) is 80.2 Å². The number of ether oxygens (including phenoxy) is 3. The third-order valence-corrected chi connectivity index (χ3v) is 14.7. The molecule has 6 aromatic carbocycles. The number of aryl methyl sites for hydroxylation is 2. The van der Waals surface area contributed by atoms with Gasteiger partial charge in [-0.15, -0.1) is 29.9 Å². The molecule has 8 aromatic rings. The van der Waals surface area contributed by atoms with Crippen molar-refractivity contribution >= 4 is 104 Å². The summed E-state index contributed by atoms with van der Waals surface area (Å²) < 4.78 is 121. The molecule has 0 radical (unpaired) electrons. The van der Waals surface area contributed by atoms with Gasteiger partial charge in [-0.25, -0.2) is 19.7 Å². The number of aromatic nitrogens is 4. The Labute approximate surface area is 449 Å². The Bertz CT molecular complexity index is 4240. The van der Waals surface area contributed by atoms with Gasteiger partial charge in [0.25, 0.3) is 35.9 Å². The number of carbonyl (C=O) groups is 1. The minimum absolute atomic E-state index is 0.00409. The summed E-state index contributed by atoms with van der Waals surface area (Å²) in [5.74, 6) is -2.45. The standard InChI is InChI=1S/C46H40N10O19S4/c1-22-16-33(35(73-14-5-15-77(62,63)64)20-31(22)50-49-29-12-10-26(71-3)18-38(29)79(68,69)70)52-53-40-36(76-75-74-61)19-28-27(43(40)57)11-13-30-39(28)48-44(47-30)24-6-8-25(9-7-24)56-45(58)41(42(55-56)46(59)60)54-51-32-17-23(2)37(78(65,66)67)21-34(32)72-4/h6-13,16-21,55,57,61H,5,14-15H2,1-4H3,(H,47,48)(H,59,60)(H,62,63,64)(H,65,66,67)(H,68,69,70). The van der Waals surface area contributed by atoms with Crippen LogP contribution in [0.1, 0.15) is 28.0 Å². The van der Waals surface area contributed by atoms with Gasteiger partial charge >= 0.3 is 5.97 Å². The number of hydrogen-bond acceptors (Lipinski definition) is 23. The van der Waals surface area contributed by atoms with Crippen molar-refractivity contribution in [3.63, 3.8) is 0 Å². The molecule has 8 rings (SSSR count). The Kier molecular flexibility index (Phi) is 16.4. The van der Waals surface area contributed by atoms with Crippen molar-refractivity contribution < 1.29 is 82.8 Å². The highest BCUT2D eigenvalue weighted by Gasteiger charge is 2.24. The van der Waals surface area contributed by atoms with Crippen LogP contribution in [0.3, 0.4) is 0 Å². The minimum Gasteiger partial charge on any atom is -0.505 e. The van der Waals surface area contributed by atoms with E-state index in [9.17, 15) is 58.7 Å². The highest BCUT2D eigenvalue weighted by Crippen LogP contribution is 2.47. The smallest absolute Gasteiger partial charge is 0.356 e. The lowest BCUT2D eigenvalue weighted by Gasteiger charge is -2.12. The number of benzene rings is 6. The predicted molar refractivity (Wildman–Crippen MR) is 279 cm³/mol. The lowest BCUT2D eigenvalue weighted by Crippen LogP contribution is -2.13. The Morgan fingerprint density at radius 2 is 1.38 bits per heavy atom. The first-order valence-corrected chi connectivity index (χ1v) is 27.4. The fourth-order valence-corrected chi connectivity index (χ4v) is 9.98. The maximum Gasteiger partial charge on any atom is 0.356 e. The number of aromatic amines is 2. The first kappa shape index (κ1) is 56.7. The number of carboxylic acid groups (broad SMARTS) is 1. The molecule has 412 valence electrons. The van der Waals surface area contributed by atoms with Crippen molar-refractivity contribution in [2.45, 2.75) is 35.0 Å². The molecule has 2 aromatic heterocycles. The summed E-state index contributed by atoms with van der Waals surface area (Å²) in [7, 11) is -11.3. The van der Waals surface area contributed by atoms with Crippen LogP contribution in [-0.4, -0.2) is 107 Å². The maximum atomic E-state index is 13.6. The van der Waals surface area contributed by atoms with E-state index in [1.807, 2.05) is 0 Å². The molecule has 0 bridgehead atoms.